The first-order chi connectivity index (χ1) is 14.5. The highest BCUT2D eigenvalue weighted by Gasteiger charge is 2.34. The van der Waals surface area contributed by atoms with Crippen molar-refractivity contribution in [3.05, 3.63) is 24.3 Å². The molecule has 11 heteroatoms. The lowest BCUT2D eigenvalue weighted by Gasteiger charge is -2.35. The van der Waals surface area contributed by atoms with E-state index in [0.29, 0.717) is 38.1 Å². The molecule has 1 saturated heterocycles. The van der Waals surface area contributed by atoms with E-state index in [4.69, 9.17) is 4.74 Å². The van der Waals surface area contributed by atoms with E-state index in [9.17, 15) is 21.6 Å². The lowest BCUT2D eigenvalue weighted by Crippen LogP contribution is -2.54. The topological polar surface area (TPSA) is 122 Å². The minimum absolute atomic E-state index is 0.0517. The standard InChI is InChI=1S/C20H33N3O6S2/c1-5-14-30(25,26)21-16-10-12-23(13-11-16)20(24)19(15(2)3)22-31(27,28)18-8-6-17(29-4)7-9-18/h6-9,15-16,19,21-22H,5,10-14H2,1-4H3/t19-/m0/s1. The summed E-state index contributed by atoms with van der Waals surface area (Å²) < 4.78 is 59.8. The molecule has 2 rings (SSSR count). The van der Waals surface area contributed by atoms with Crippen LogP contribution in [0.2, 0.25) is 0 Å². The van der Waals surface area contributed by atoms with Gasteiger partial charge in [0, 0.05) is 19.1 Å². The summed E-state index contributed by atoms with van der Waals surface area (Å²) in [5.74, 6) is 0.0467. The van der Waals surface area contributed by atoms with Crippen molar-refractivity contribution in [2.75, 3.05) is 26.0 Å². The molecular formula is C20H33N3O6S2. The monoisotopic (exact) mass is 475 g/mol. The van der Waals surface area contributed by atoms with E-state index in [-0.39, 0.29) is 28.5 Å². The maximum absolute atomic E-state index is 13.1. The van der Waals surface area contributed by atoms with Gasteiger partial charge in [0.1, 0.15) is 11.8 Å². The summed E-state index contributed by atoms with van der Waals surface area (Å²) in [6.45, 7) is 6.10. The highest BCUT2D eigenvalue weighted by molar-refractivity contribution is 7.89. The predicted octanol–water partition coefficient (Wildman–Crippen LogP) is 1.32. The number of carbonyl (C=O) groups excluding carboxylic acids is 1. The van der Waals surface area contributed by atoms with Gasteiger partial charge in [-0.1, -0.05) is 20.8 Å². The van der Waals surface area contributed by atoms with Gasteiger partial charge in [0.15, 0.2) is 0 Å². The zero-order valence-electron chi connectivity index (χ0n) is 18.5. The zero-order valence-corrected chi connectivity index (χ0v) is 20.1. The van der Waals surface area contributed by atoms with Crippen molar-refractivity contribution in [1.29, 1.82) is 0 Å². The van der Waals surface area contributed by atoms with Crippen molar-refractivity contribution in [1.82, 2.24) is 14.3 Å². The number of hydrogen-bond donors (Lipinski definition) is 2. The fourth-order valence-corrected chi connectivity index (χ4v) is 6.19. The number of piperidine rings is 1. The van der Waals surface area contributed by atoms with Gasteiger partial charge in [0.2, 0.25) is 26.0 Å². The second-order valence-corrected chi connectivity index (χ2v) is 11.6. The average molecular weight is 476 g/mol. The minimum atomic E-state index is -3.90. The van der Waals surface area contributed by atoms with Gasteiger partial charge in [0.25, 0.3) is 0 Å². The second kappa shape index (κ2) is 10.8. The molecule has 0 saturated carbocycles. The molecule has 1 aliphatic heterocycles. The van der Waals surface area contributed by atoms with Gasteiger partial charge in [-0.15, -0.1) is 0 Å². The zero-order chi connectivity index (χ0) is 23.2. The van der Waals surface area contributed by atoms with Gasteiger partial charge >= 0.3 is 0 Å². The van der Waals surface area contributed by atoms with Crippen LogP contribution in [-0.2, 0) is 24.8 Å². The van der Waals surface area contributed by atoms with E-state index in [1.165, 1.54) is 19.2 Å². The number of carbonyl (C=O) groups is 1. The lowest BCUT2D eigenvalue weighted by atomic mass is 10.0. The van der Waals surface area contributed by atoms with Gasteiger partial charge in [-0.3, -0.25) is 4.79 Å². The summed E-state index contributed by atoms with van der Waals surface area (Å²) in [5, 5.41) is 0. The molecule has 9 nitrogen and oxygen atoms in total. The highest BCUT2D eigenvalue weighted by atomic mass is 32.2. The summed E-state index contributed by atoms with van der Waals surface area (Å²) in [4.78, 5) is 14.7. The van der Waals surface area contributed by atoms with Crippen LogP contribution in [-0.4, -0.2) is 65.7 Å². The summed E-state index contributed by atoms with van der Waals surface area (Å²) in [6, 6.07) is 4.82. The third-order valence-electron chi connectivity index (χ3n) is 5.21. The van der Waals surface area contributed by atoms with Crippen LogP contribution in [0.25, 0.3) is 0 Å². The predicted molar refractivity (Wildman–Crippen MR) is 119 cm³/mol. The van der Waals surface area contributed by atoms with Crippen molar-refractivity contribution < 1.29 is 26.4 Å². The van der Waals surface area contributed by atoms with Crippen molar-refractivity contribution in [2.45, 2.75) is 57.0 Å². The normalized spacial score (nSPS) is 17.0. The third kappa shape index (κ3) is 7.16. The Morgan fingerprint density at radius 1 is 1.13 bits per heavy atom. The van der Waals surface area contributed by atoms with Crippen LogP contribution in [0, 0.1) is 5.92 Å². The van der Waals surface area contributed by atoms with Crippen LogP contribution >= 0.6 is 0 Å². The molecule has 0 bridgehead atoms. The number of nitrogens with one attached hydrogen (secondary N) is 2. The molecule has 0 radical (unpaired) electrons. The van der Waals surface area contributed by atoms with Crippen molar-refractivity contribution in [3.8, 4) is 5.75 Å². The average Bonchev–Trinajstić information content (AvgIpc) is 2.71. The van der Waals surface area contributed by atoms with E-state index < -0.39 is 26.1 Å². The van der Waals surface area contributed by atoms with Gasteiger partial charge in [-0.2, -0.15) is 4.72 Å². The first-order valence-corrected chi connectivity index (χ1v) is 13.6. The molecule has 1 heterocycles. The molecule has 1 aromatic carbocycles. The molecule has 1 amide bonds. The Morgan fingerprint density at radius 3 is 2.19 bits per heavy atom. The molecule has 1 fully saturated rings. The number of hydrogen-bond acceptors (Lipinski definition) is 6. The highest BCUT2D eigenvalue weighted by Crippen LogP contribution is 2.19. The molecular weight excluding hydrogens is 442 g/mol. The van der Waals surface area contributed by atoms with E-state index in [1.807, 2.05) is 0 Å². The number of ether oxygens (including phenoxy) is 1. The Kier molecular flexibility index (Phi) is 8.87. The number of benzene rings is 1. The molecule has 1 aromatic rings. The number of sulfonamides is 2. The Hall–Kier alpha value is -1.69. The molecule has 31 heavy (non-hydrogen) atoms. The number of rotatable bonds is 10. The Labute approximate surface area is 185 Å². The van der Waals surface area contributed by atoms with Crippen LogP contribution in [0.4, 0.5) is 0 Å². The summed E-state index contributed by atoms with van der Waals surface area (Å²) in [7, 11) is -5.72. The Morgan fingerprint density at radius 2 is 1.71 bits per heavy atom. The van der Waals surface area contributed by atoms with Gasteiger partial charge in [-0.05, 0) is 49.4 Å². The molecule has 1 aliphatic rings. The van der Waals surface area contributed by atoms with E-state index in [2.05, 4.69) is 9.44 Å². The smallest absolute Gasteiger partial charge is 0.241 e. The fourth-order valence-electron chi connectivity index (χ4n) is 3.46. The van der Waals surface area contributed by atoms with Crippen molar-refractivity contribution in [2.24, 2.45) is 5.92 Å². The number of likely N-dealkylation sites (tertiary alicyclic amines) is 1. The molecule has 176 valence electrons. The van der Waals surface area contributed by atoms with Crippen molar-refractivity contribution in [3.63, 3.8) is 0 Å². The summed E-state index contributed by atoms with van der Waals surface area (Å²) >= 11 is 0. The molecule has 0 aromatic heterocycles. The maximum atomic E-state index is 13.1. The van der Waals surface area contributed by atoms with E-state index in [0.717, 1.165) is 0 Å². The van der Waals surface area contributed by atoms with Crippen LogP contribution in [0.5, 0.6) is 5.75 Å². The molecule has 0 unspecified atom stereocenters. The number of amides is 1. The molecule has 0 spiro atoms. The summed E-state index contributed by atoms with van der Waals surface area (Å²) in [5.41, 5.74) is 0. The van der Waals surface area contributed by atoms with Gasteiger partial charge in [0.05, 0.1) is 17.8 Å². The summed E-state index contributed by atoms with van der Waals surface area (Å²) in [6.07, 6.45) is 1.52. The lowest BCUT2D eigenvalue weighted by molar-refractivity contribution is -0.135. The van der Waals surface area contributed by atoms with E-state index >= 15 is 0 Å². The molecule has 0 aliphatic carbocycles. The second-order valence-electron chi connectivity index (χ2n) is 8.05. The van der Waals surface area contributed by atoms with Crippen molar-refractivity contribution >= 4 is 26.0 Å². The number of methoxy groups -OCH3 is 1. The maximum Gasteiger partial charge on any atom is 0.241 e. The van der Waals surface area contributed by atoms with Crippen LogP contribution in [0.1, 0.15) is 40.0 Å². The van der Waals surface area contributed by atoms with Crippen LogP contribution in [0.15, 0.2) is 29.2 Å². The van der Waals surface area contributed by atoms with Crippen LogP contribution < -0.4 is 14.2 Å². The molecule has 1 atom stereocenters. The Bertz CT molecular complexity index is 938. The number of nitrogens with zero attached hydrogens (tertiary/aromatic N) is 1. The first kappa shape index (κ1) is 25.6. The molecule has 2 N–H and O–H groups in total. The quantitative estimate of drug-likeness (QED) is 0.526. The third-order valence-corrected chi connectivity index (χ3v) is 8.31. The Balaban J connectivity index is 2.04. The first-order valence-electron chi connectivity index (χ1n) is 10.4. The van der Waals surface area contributed by atoms with E-state index in [1.54, 1.807) is 37.8 Å². The largest absolute Gasteiger partial charge is 0.497 e. The van der Waals surface area contributed by atoms with Crippen LogP contribution in [0.3, 0.4) is 0 Å². The fraction of sp³-hybridized carbons (Fsp3) is 0.650. The van der Waals surface area contributed by atoms with Gasteiger partial charge < -0.3 is 9.64 Å². The minimum Gasteiger partial charge on any atom is -0.497 e. The SMILES string of the molecule is CCCS(=O)(=O)NC1CCN(C(=O)[C@@H](NS(=O)(=O)c2ccc(OC)cc2)C(C)C)CC1. The van der Waals surface area contributed by atoms with Gasteiger partial charge in [-0.25, -0.2) is 21.6 Å².